The second-order valence-electron chi connectivity index (χ2n) is 3.30. The highest BCUT2D eigenvalue weighted by molar-refractivity contribution is 14.1. The van der Waals surface area contributed by atoms with Crippen molar-refractivity contribution in [2.75, 3.05) is 7.05 Å². The van der Waals surface area contributed by atoms with Crippen LogP contribution in [0.5, 0.6) is 0 Å². The molecule has 3 nitrogen and oxygen atoms in total. The normalized spacial score (nSPS) is 17.8. The van der Waals surface area contributed by atoms with Gasteiger partial charge in [0.2, 0.25) is 0 Å². The summed E-state index contributed by atoms with van der Waals surface area (Å²) in [6.07, 6.45) is 3.88. The fourth-order valence-electron chi connectivity index (χ4n) is 1.22. The van der Waals surface area contributed by atoms with Crippen LogP contribution in [0.1, 0.15) is 13.8 Å². The average Bonchev–Trinajstić information content (AvgIpc) is 2.11. The molecular weight excluding hydrogens is 289 g/mol. The zero-order valence-corrected chi connectivity index (χ0v) is 10.8. The predicted octanol–water partition coefficient (Wildman–Crippen LogP) is 2.80. The Morgan fingerprint density at radius 2 is 2.21 bits per heavy atom. The van der Waals surface area contributed by atoms with E-state index in [0.29, 0.717) is 5.92 Å². The van der Waals surface area contributed by atoms with Gasteiger partial charge in [-0.05, 0) is 34.7 Å². The summed E-state index contributed by atoms with van der Waals surface area (Å²) in [6.45, 7) is 8.12. The van der Waals surface area contributed by atoms with E-state index in [1.165, 1.54) is 0 Å². The third-order valence-electron chi connectivity index (χ3n) is 1.84. The highest BCUT2D eigenvalue weighted by Gasteiger charge is 2.17. The number of hydrogen-bond acceptors (Lipinski definition) is 2. The highest BCUT2D eigenvalue weighted by Crippen LogP contribution is 2.17. The van der Waals surface area contributed by atoms with Gasteiger partial charge in [-0.2, -0.15) is 5.10 Å². The van der Waals surface area contributed by atoms with Crippen LogP contribution in [0, 0.1) is 5.92 Å². The summed E-state index contributed by atoms with van der Waals surface area (Å²) in [5.41, 5.74) is 0.861. The lowest BCUT2D eigenvalue weighted by Gasteiger charge is -2.25. The average molecular weight is 303 g/mol. The van der Waals surface area contributed by atoms with E-state index in [2.05, 4.69) is 53.1 Å². The van der Waals surface area contributed by atoms with Crippen molar-refractivity contribution in [1.29, 1.82) is 0 Å². The van der Waals surface area contributed by atoms with E-state index >= 15 is 0 Å². The van der Waals surface area contributed by atoms with Crippen LogP contribution >= 0.6 is 22.6 Å². The molecule has 0 saturated heterocycles. The Hall–Kier alpha value is -0.650. The molecule has 76 valence electrons. The summed E-state index contributed by atoms with van der Waals surface area (Å²) in [5, 5.41) is 6.17. The van der Waals surface area contributed by atoms with E-state index in [4.69, 9.17) is 0 Å². The van der Waals surface area contributed by atoms with Gasteiger partial charge in [-0.3, -0.25) is 4.99 Å². The second kappa shape index (κ2) is 4.72. The summed E-state index contributed by atoms with van der Waals surface area (Å²) in [7, 11) is 1.78. The molecule has 0 N–H and O–H groups in total. The zero-order valence-electron chi connectivity index (χ0n) is 8.66. The van der Waals surface area contributed by atoms with Crippen molar-refractivity contribution in [3.05, 3.63) is 24.4 Å². The number of halogens is 1. The molecule has 0 aromatic heterocycles. The van der Waals surface area contributed by atoms with E-state index < -0.39 is 0 Å². The van der Waals surface area contributed by atoms with Gasteiger partial charge in [-0.15, -0.1) is 0 Å². The van der Waals surface area contributed by atoms with Gasteiger partial charge in [0, 0.05) is 13.0 Å². The monoisotopic (exact) mass is 303 g/mol. The third kappa shape index (κ3) is 2.43. The third-order valence-corrected chi connectivity index (χ3v) is 2.42. The molecule has 14 heavy (non-hydrogen) atoms. The Morgan fingerprint density at radius 1 is 1.57 bits per heavy atom. The molecule has 1 aliphatic rings. The van der Waals surface area contributed by atoms with Crippen molar-refractivity contribution >= 4 is 32.1 Å². The number of hydrazone groups is 1. The number of nitrogens with zero attached hydrogens (tertiary/aromatic N) is 3. The number of hydrogen-bond donors (Lipinski definition) is 0. The molecule has 1 aliphatic heterocycles. The summed E-state index contributed by atoms with van der Waals surface area (Å²) >= 11 is 2.18. The molecule has 0 fully saturated rings. The van der Waals surface area contributed by atoms with Crippen LogP contribution in [-0.4, -0.2) is 21.6 Å². The van der Waals surface area contributed by atoms with Gasteiger partial charge < -0.3 is 0 Å². The van der Waals surface area contributed by atoms with Gasteiger partial charge >= 0.3 is 0 Å². The van der Waals surface area contributed by atoms with E-state index in [9.17, 15) is 0 Å². The first-order chi connectivity index (χ1) is 6.56. The smallest absolute Gasteiger partial charge is 0.127 e. The fourth-order valence-corrected chi connectivity index (χ4v) is 1.62. The molecule has 0 saturated carbocycles. The standard InChI is InChI=1S/C10H14IN3/c1-7(2)10(12-4)14-8(3)5-6-9(11)13-14/h5-7H,3H2,1-2,4H3/b12-10-. The highest BCUT2D eigenvalue weighted by atomic mass is 127. The molecule has 1 rings (SSSR count). The van der Waals surface area contributed by atoms with Crippen molar-refractivity contribution in [2.45, 2.75) is 13.8 Å². The van der Waals surface area contributed by atoms with Crippen LogP contribution in [0.15, 0.2) is 34.5 Å². The molecule has 0 aliphatic carbocycles. The molecular formula is C10H14IN3. The topological polar surface area (TPSA) is 28.0 Å². The Labute approximate surface area is 98.4 Å². The van der Waals surface area contributed by atoms with Crippen LogP contribution in [0.25, 0.3) is 0 Å². The largest absolute Gasteiger partial charge is 0.274 e. The lowest BCUT2D eigenvalue weighted by Crippen LogP contribution is -2.30. The molecule has 0 atom stereocenters. The predicted molar refractivity (Wildman–Crippen MR) is 69.8 cm³/mol. The van der Waals surface area contributed by atoms with E-state index in [-0.39, 0.29) is 0 Å². The Morgan fingerprint density at radius 3 is 2.71 bits per heavy atom. The Kier molecular flexibility index (Phi) is 3.86. The van der Waals surface area contributed by atoms with Gasteiger partial charge in [0.1, 0.15) is 9.55 Å². The number of rotatable bonds is 1. The molecule has 0 aromatic carbocycles. The van der Waals surface area contributed by atoms with Crippen molar-refractivity contribution in [2.24, 2.45) is 16.0 Å². The first-order valence-electron chi connectivity index (χ1n) is 4.44. The SMILES string of the molecule is C=C1C=CC(I)=NN1/C(=N\C)C(C)C. The second-order valence-corrected chi connectivity index (χ2v) is 4.40. The number of aliphatic imine (C=N–C) groups is 1. The number of allylic oxidation sites excluding steroid dienone is 2. The minimum atomic E-state index is 0.344. The van der Waals surface area contributed by atoms with Crippen LogP contribution in [0.4, 0.5) is 0 Å². The maximum absolute atomic E-state index is 4.38. The summed E-state index contributed by atoms with van der Waals surface area (Å²) in [6, 6.07) is 0. The number of amidine groups is 1. The molecule has 0 amide bonds. The van der Waals surface area contributed by atoms with E-state index in [1.807, 2.05) is 12.2 Å². The van der Waals surface area contributed by atoms with Crippen LogP contribution < -0.4 is 0 Å². The maximum Gasteiger partial charge on any atom is 0.127 e. The van der Waals surface area contributed by atoms with E-state index in [0.717, 1.165) is 15.3 Å². The first-order valence-corrected chi connectivity index (χ1v) is 5.52. The van der Waals surface area contributed by atoms with Crippen LogP contribution in [0.2, 0.25) is 0 Å². The summed E-state index contributed by atoms with van der Waals surface area (Å²) < 4.78 is 0.941. The molecule has 4 heteroatoms. The van der Waals surface area contributed by atoms with Gasteiger partial charge in [0.05, 0.1) is 5.70 Å². The van der Waals surface area contributed by atoms with Crippen molar-refractivity contribution < 1.29 is 0 Å². The quantitative estimate of drug-likeness (QED) is 0.416. The lowest BCUT2D eigenvalue weighted by molar-refractivity contribution is 0.531. The van der Waals surface area contributed by atoms with Crippen LogP contribution in [0.3, 0.4) is 0 Å². The lowest BCUT2D eigenvalue weighted by atomic mass is 10.2. The molecule has 0 radical (unpaired) electrons. The minimum Gasteiger partial charge on any atom is -0.274 e. The molecule has 0 bridgehead atoms. The van der Waals surface area contributed by atoms with Crippen LogP contribution in [-0.2, 0) is 0 Å². The van der Waals surface area contributed by atoms with Gasteiger partial charge in [0.15, 0.2) is 0 Å². The maximum atomic E-state index is 4.38. The molecule has 1 heterocycles. The Balaban J connectivity index is 2.98. The fraction of sp³-hybridized carbons (Fsp3) is 0.400. The van der Waals surface area contributed by atoms with Gasteiger partial charge in [-0.25, -0.2) is 5.01 Å². The first kappa shape index (κ1) is 11.4. The van der Waals surface area contributed by atoms with Crippen molar-refractivity contribution in [3.8, 4) is 0 Å². The zero-order chi connectivity index (χ0) is 10.7. The van der Waals surface area contributed by atoms with Crippen molar-refractivity contribution in [1.82, 2.24) is 5.01 Å². The minimum absolute atomic E-state index is 0.344. The van der Waals surface area contributed by atoms with E-state index in [1.54, 1.807) is 12.1 Å². The summed E-state index contributed by atoms with van der Waals surface area (Å²) in [4.78, 5) is 4.23. The van der Waals surface area contributed by atoms with Crippen molar-refractivity contribution in [3.63, 3.8) is 0 Å². The Bertz CT molecular complexity index is 326. The summed E-state index contributed by atoms with van der Waals surface area (Å²) in [5.74, 6) is 1.28. The van der Waals surface area contributed by atoms with Gasteiger partial charge in [0.25, 0.3) is 0 Å². The molecule has 0 aromatic rings. The molecule has 0 spiro atoms. The molecule has 0 unspecified atom stereocenters. The van der Waals surface area contributed by atoms with Gasteiger partial charge in [-0.1, -0.05) is 20.4 Å².